The topological polar surface area (TPSA) is 49.4 Å². The van der Waals surface area contributed by atoms with E-state index in [4.69, 9.17) is 0 Å². The zero-order chi connectivity index (χ0) is 10.2. The fraction of sp³-hybridized carbons (Fsp3) is 1.00. The zero-order valence-corrected chi connectivity index (χ0v) is 9.39. The lowest BCUT2D eigenvalue weighted by Gasteiger charge is -2.15. The van der Waals surface area contributed by atoms with E-state index in [9.17, 15) is 8.42 Å². The summed E-state index contributed by atoms with van der Waals surface area (Å²) in [7, 11) is -3.02. The maximum absolute atomic E-state index is 11.0. The number of hydrogen-bond donors (Lipinski definition) is 1. The molecule has 4 nitrogen and oxygen atoms in total. The van der Waals surface area contributed by atoms with Crippen LogP contribution in [0.5, 0.6) is 0 Å². The molecule has 1 N–H and O–H groups in total. The van der Waals surface area contributed by atoms with Gasteiger partial charge in [0.05, 0.1) is 6.26 Å². The van der Waals surface area contributed by atoms with Gasteiger partial charge in [-0.1, -0.05) is 0 Å². The molecule has 0 aromatic carbocycles. The highest BCUT2D eigenvalue weighted by Crippen LogP contribution is 2.30. The number of likely N-dealkylation sites (tertiary alicyclic amines) is 1. The Morgan fingerprint density at radius 2 is 2.07 bits per heavy atom. The molecule has 1 saturated carbocycles. The second kappa shape index (κ2) is 3.79. The van der Waals surface area contributed by atoms with Crippen LogP contribution in [-0.2, 0) is 10.0 Å². The predicted octanol–water partition coefficient (Wildman–Crippen LogP) is 0.0199. The summed E-state index contributed by atoms with van der Waals surface area (Å²) >= 11 is 0. The van der Waals surface area contributed by atoms with Crippen molar-refractivity contribution in [1.29, 1.82) is 0 Å². The van der Waals surface area contributed by atoms with Crippen molar-refractivity contribution in [2.45, 2.75) is 25.3 Å². The van der Waals surface area contributed by atoms with Gasteiger partial charge in [-0.25, -0.2) is 13.1 Å². The standard InChI is InChI=1S/C9H18N2O2S/c1-14(12,13)10-9-4-5-11(7-9)6-8-2-3-8/h8-10H,2-7H2,1H3. The van der Waals surface area contributed by atoms with Crippen LogP contribution in [0, 0.1) is 5.92 Å². The van der Waals surface area contributed by atoms with E-state index < -0.39 is 10.0 Å². The van der Waals surface area contributed by atoms with Crippen molar-refractivity contribution < 1.29 is 8.42 Å². The molecular weight excluding hydrogens is 200 g/mol. The molecule has 5 heteroatoms. The second-order valence-electron chi connectivity index (χ2n) is 4.58. The van der Waals surface area contributed by atoms with E-state index in [1.807, 2.05) is 0 Å². The Bertz CT molecular complexity index is 298. The van der Waals surface area contributed by atoms with Gasteiger partial charge in [0.25, 0.3) is 0 Å². The molecule has 2 rings (SSSR count). The van der Waals surface area contributed by atoms with Gasteiger partial charge in [0.15, 0.2) is 0 Å². The average molecular weight is 218 g/mol. The molecule has 0 spiro atoms. The number of nitrogens with zero attached hydrogens (tertiary/aromatic N) is 1. The van der Waals surface area contributed by atoms with E-state index in [1.54, 1.807) is 0 Å². The van der Waals surface area contributed by atoms with Gasteiger partial charge in [0.2, 0.25) is 10.0 Å². The van der Waals surface area contributed by atoms with Crippen LogP contribution in [0.4, 0.5) is 0 Å². The minimum Gasteiger partial charge on any atom is -0.301 e. The van der Waals surface area contributed by atoms with Gasteiger partial charge >= 0.3 is 0 Å². The highest BCUT2D eigenvalue weighted by atomic mass is 32.2. The first-order valence-electron chi connectivity index (χ1n) is 5.22. The van der Waals surface area contributed by atoms with Crippen LogP contribution in [0.1, 0.15) is 19.3 Å². The van der Waals surface area contributed by atoms with Gasteiger partial charge in [0, 0.05) is 19.1 Å². The molecule has 0 radical (unpaired) electrons. The Kier molecular flexibility index (Phi) is 2.81. The van der Waals surface area contributed by atoms with Crippen molar-refractivity contribution >= 4 is 10.0 Å². The third-order valence-corrected chi connectivity index (χ3v) is 3.63. The summed E-state index contributed by atoms with van der Waals surface area (Å²) in [5.74, 6) is 0.895. The Labute approximate surface area is 85.7 Å². The number of rotatable bonds is 4. The molecular formula is C9H18N2O2S. The molecule has 1 saturated heterocycles. The summed E-state index contributed by atoms with van der Waals surface area (Å²) in [4.78, 5) is 2.38. The van der Waals surface area contributed by atoms with Crippen molar-refractivity contribution in [1.82, 2.24) is 9.62 Å². The lowest BCUT2D eigenvalue weighted by molar-refractivity contribution is 0.318. The lowest BCUT2D eigenvalue weighted by atomic mass is 10.3. The summed E-state index contributed by atoms with van der Waals surface area (Å²) in [6, 6.07) is 0.142. The Hall–Kier alpha value is -0.130. The SMILES string of the molecule is CS(=O)(=O)NC1CCN(CC2CC2)C1. The van der Waals surface area contributed by atoms with Crippen molar-refractivity contribution in [2.24, 2.45) is 5.92 Å². The van der Waals surface area contributed by atoms with Crippen LogP contribution in [-0.4, -0.2) is 45.2 Å². The molecule has 1 aliphatic heterocycles. The fourth-order valence-corrected chi connectivity index (χ4v) is 2.86. The van der Waals surface area contributed by atoms with Crippen LogP contribution in [0.25, 0.3) is 0 Å². The third-order valence-electron chi connectivity index (χ3n) is 2.87. The maximum atomic E-state index is 11.0. The van der Waals surface area contributed by atoms with Gasteiger partial charge in [-0.15, -0.1) is 0 Å². The van der Waals surface area contributed by atoms with Crippen molar-refractivity contribution in [3.05, 3.63) is 0 Å². The zero-order valence-electron chi connectivity index (χ0n) is 8.57. The fourth-order valence-electron chi connectivity index (χ4n) is 2.06. The van der Waals surface area contributed by atoms with E-state index >= 15 is 0 Å². The van der Waals surface area contributed by atoms with E-state index in [2.05, 4.69) is 9.62 Å². The normalized spacial score (nSPS) is 29.6. The Morgan fingerprint density at radius 3 is 2.64 bits per heavy atom. The summed E-state index contributed by atoms with van der Waals surface area (Å²) in [5, 5.41) is 0. The highest BCUT2D eigenvalue weighted by Gasteiger charge is 2.29. The number of nitrogens with one attached hydrogen (secondary N) is 1. The van der Waals surface area contributed by atoms with Gasteiger partial charge in [-0.3, -0.25) is 0 Å². The van der Waals surface area contributed by atoms with Crippen LogP contribution in [0.15, 0.2) is 0 Å². The predicted molar refractivity (Wildman–Crippen MR) is 55.5 cm³/mol. The van der Waals surface area contributed by atoms with E-state index in [1.165, 1.54) is 25.6 Å². The first kappa shape index (κ1) is 10.4. The van der Waals surface area contributed by atoms with Crippen molar-refractivity contribution in [2.75, 3.05) is 25.9 Å². The molecule has 1 atom stereocenters. The van der Waals surface area contributed by atoms with Crippen LogP contribution in [0.2, 0.25) is 0 Å². The molecule has 0 aromatic rings. The van der Waals surface area contributed by atoms with Gasteiger partial charge < -0.3 is 4.90 Å². The average Bonchev–Trinajstić information content (AvgIpc) is 2.71. The first-order chi connectivity index (χ1) is 6.53. The summed E-state index contributed by atoms with van der Waals surface area (Å²) in [6.07, 6.45) is 4.91. The molecule has 2 aliphatic rings. The monoisotopic (exact) mass is 218 g/mol. The van der Waals surface area contributed by atoms with Crippen molar-refractivity contribution in [3.8, 4) is 0 Å². The molecule has 0 aromatic heterocycles. The minimum absolute atomic E-state index is 0.142. The highest BCUT2D eigenvalue weighted by molar-refractivity contribution is 7.88. The van der Waals surface area contributed by atoms with E-state index in [0.29, 0.717) is 0 Å². The molecule has 14 heavy (non-hydrogen) atoms. The third kappa shape index (κ3) is 3.22. The van der Waals surface area contributed by atoms with Gasteiger partial charge in [-0.2, -0.15) is 0 Å². The smallest absolute Gasteiger partial charge is 0.208 e. The Morgan fingerprint density at radius 1 is 1.36 bits per heavy atom. The summed E-state index contributed by atoms with van der Waals surface area (Å²) < 4.78 is 24.7. The van der Waals surface area contributed by atoms with Crippen LogP contribution in [0.3, 0.4) is 0 Å². The van der Waals surface area contributed by atoms with Gasteiger partial charge in [-0.05, 0) is 31.7 Å². The van der Waals surface area contributed by atoms with Crippen molar-refractivity contribution in [3.63, 3.8) is 0 Å². The largest absolute Gasteiger partial charge is 0.301 e. The molecule has 82 valence electrons. The number of sulfonamides is 1. The van der Waals surface area contributed by atoms with Gasteiger partial charge in [0.1, 0.15) is 0 Å². The summed E-state index contributed by atoms with van der Waals surface area (Å²) in [6.45, 7) is 3.11. The first-order valence-corrected chi connectivity index (χ1v) is 7.12. The molecule has 2 fully saturated rings. The maximum Gasteiger partial charge on any atom is 0.208 e. The minimum atomic E-state index is -3.02. The molecule has 1 aliphatic carbocycles. The molecule has 0 bridgehead atoms. The summed E-state index contributed by atoms with van der Waals surface area (Å²) in [5.41, 5.74) is 0. The lowest BCUT2D eigenvalue weighted by Crippen LogP contribution is -2.36. The second-order valence-corrected chi connectivity index (χ2v) is 6.36. The molecule has 1 heterocycles. The Balaban J connectivity index is 1.76. The van der Waals surface area contributed by atoms with E-state index in [0.717, 1.165) is 25.4 Å². The number of hydrogen-bond acceptors (Lipinski definition) is 3. The van der Waals surface area contributed by atoms with Crippen LogP contribution < -0.4 is 4.72 Å². The van der Waals surface area contributed by atoms with E-state index in [-0.39, 0.29) is 6.04 Å². The quantitative estimate of drug-likeness (QED) is 0.724. The molecule has 0 amide bonds. The van der Waals surface area contributed by atoms with Crippen LogP contribution >= 0.6 is 0 Å². The molecule has 1 unspecified atom stereocenters.